The quantitative estimate of drug-likeness (QED) is 0.829. The number of para-hydroxylation sites is 1. The summed E-state index contributed by atoms with van der Waals surface area (Å²) < 4.78 is 2.01. The van der Waals surface area contributed by atoms with E-state index >= 15 is 0 Å². The molecule has 0 fully saturated rings. The van der Waals surface area contributed by atoms with Crippen molar-refractivity contribution in [3.8, 4) is 0 Å². The van der Waals surface area contributed by atoms with Crippen molar-refractivity contribution in [3.05, 3.63) is 42.2 Å². The zero-order valence-corrected chi connectivity index (χ0v) is 13.5. The molecule has 0 saturated heterocycles. The Morgan fingerprint density at radius 2 is 2.00 bits per heavy atom. The molecule has 0 amide bonds. The van der Waals surface area contributed by atoms with Crippen LogP contribution >= 0.6 is 11.8 Å². The Labute approximate surface area is 125 Å². The molecule has 2 rings (SSSR count). The van der Waals surface area contributed by atoms with Gasteiger partial charge in [0.15, 0.2) is 0 Å². The smallest absolute Gasteiger partial charge is 0.0543 e. The second-order valence-electron chi connectivity index (χ2n) is 5.75. The molecule has 3 nitrogen and oxygen atoms in total. The normalized spacial score (nSPS) is 11.6. The monoisotopic (exact) mass is 289 g/mol. The highest BCUT2D eigenvalue weighted by molar-refractivity contribution is 7.99. The first-order valence-electron chi connectivity index (χ1n) is 7.00. The lowest BCUT2D eigenvalue weighted by Crippen LogP contribution is -2.21. The van der Waals surface area contributed by atoms with Crippen molar-refractivity contribution in [2.45, 2.75) is 44.7 Å². The second kappa shape index (κ2) is 6.35. The van der Waals surface area contributed by atoms with Crippen molar-refractivity contribution in [1.82, 2.24) is 9.78 Å². The molecule has 0 aliphatic heterocycles. The Morgan fingerprint density at radius 1 is 1.25 bits per heavy atom. The SMILES string of the molecule is CCSc1ccccc1NCc1cnn(C(C)(C)C)c1. The van der Waals surface area contributed by atoms with Gasteiger partial charge in [0.05, 0.1) is 11.7 Å². The molecule has 108 valence electrons. The van der Waals surface area contributed by atoms with E-state index in [0.29, 0.717) is 0 Å². The molecule has 0 spiro atoms. The van der Waals surface area contributed by atoms with Gasteiger partial charge in [-0.25, -0.2) is 0 Å². The minimum atomic E-state index is 0.0359. The highest BCUT2D eigenvalue weighted by atomic mass is 32.2. The van der Waals surface area contributed by atoms with Gasteiger partial charge in [0.1, 0.15) is 0 Å². The fourth-order valence-corrected chi connectivity index (χ4v) is 2.69. The molecule has 0 bridgehead atoms. The molecule has 1 heterocycles. The van der Waals surface area contributed by atoms with Gasteiger partial charge in [0.2, 0.25) is 0 Å². The van der Waals surface area contributed by atoms with Crippen molar-refractivity contribution in [1.29, 1.82) is 0 Å². The molecule has 1 N–H and O–H groups in total. The van der Waals surface area contributed by atoms with E-state index in [2.05, 4.69) is 68.6 Å². The maximum Gasteiger partial charge on any atom is 0.0543 e. The highest BCUT2D eigenvalue weighted by Gasteiger charge is 2.13. The molecular weight excluding hydrogens is 266 g/mol. The Bertz CT molecular complexity index is 555. The molecule has 1 aromatic carbocycles. The Hall–Kier alpha value is -1.42. The summed E-state index contributed by atoms with van der Waals surface area (Å²) in [6, 6.07) is 8.45. The number of hydrogen-bond acceptors (Lipinski definition) is 3. The van der Waals surface area contributed by atoms with E-state index in [4.69, 9.17) is 0 Å². The van der Waals surface area contributed by atoms with Gasteiger partial charge in [-0.3, -0.25) is 4.68 Å². The number of aromatic nitrogens is 2. The number of benzene rings is 1. The summed E-state index contributed by atoms with van der Waals surface area (Å²) in [5.74, 6) is 1.08. The predicted molar refractivity (Wildman–Crippen MR) is 87.4 cm³/mol. The zero-order valence-electron chi connectivity index (χ0n) is 12.7. The maximum absolute atomic E-state index is 4.43. The Morgan fingerprint density at radius 3 is 2.65 bits per heavy atom. The third-order valence-electron chi connectivity index (χ3n) is 2.99. The standard InChI is InChI=1S/C16H23N3S/c1-5-20-15-9-7-6-8-14(15)17-10-13-11-18-19(12-13)16(2,3)4/h6-9,11-12,17H,5,10H2,1-4H3. The van der Waals surface area contributed by atoms with Crippen LogP contribution in [-0.4, -0.2) is 15.5 Å². The molecular formula is C16H23N3S. The molecule has 1 aromatic heterocycles. The number of hydrogen-bond donors (Lipinski definition) is 1. The first kappa shape index (κ1) is 15.0. The van der Waals surface area contributed by atoms with E-state index in [-0.39, 0.29) is 5.54 Å². The van der Waals surface area contributed by atoms with Crippen molar-refractivity contribution >= 4 is 17.4 Å². The van der Waals surface area contributed by atoms with Gasteiger partial charge in [0.25, 0.3) is 0 Å². The number of anilines is 1. The maximum atomic E-state index is 4.43. The van der Waals surface area contributed by atoms with Crippen molar-refractivity contribution < 1.29 is 0 Å². The topological polar surface area (TPSA) is 29.9 Å². The molecule has 0 aliphatic rings. The van der Waals surface area contributed by atoms with E-state index in [0.717, 1.165) is 12.3 Å². The lowest BCUT2D eigenvalue weighted by Gasteiger charge is -2.18. The lowest BCUT2D eigenvalue weighted by molar-refractivity contribution is 0.355. The van der Waals surface area contributed by atoms with Crippen LogP contribution in [0.4, 0.5) is 5.69 Å². The van der Waals surface area contributed by atoms with Crippen LogP contribution < -0.4 is 5.32 Å². The van der Waals surface area contributed by atoms with Crippen LogP contribution in [0.3, 0.4) is 0 Å². The summed E-state index contributed by atoms with van der Waals surface area (Å²) in [4.78, 5) is 1.30. The molecule has 2 aromatic rings. The molecule has 0 radical (unpaired) electrons. The van der Waals surface area contributed by atoms with E-state index in [1.165, 1.54) is 16.1 Å². The summed E-state index contributed by atoms with van der Waals surface area (Å²) in [7, 11) is 0. The number of nitrogens with one attached hydrogen (secondary N) is 1. The highest BCUT2D eigenvalue weighted by Crippen LogP contribution is 2.27. The summed E-state index contributed by atoms with van der Waals surface area (Å²) in [5.41, 5.74) is 2.44. The number of rotatable bonds is 5. The van der Waals surface area contributed by atoms with Crippen LogP contribution in [0.25, 0.3) is 0 Å². The summed E-state index contributed by atoms with van der Waals surface area (Å²) in [5, 5.41) is 7.93. The summed E-state index contributed by atoms with van der Waals surface area (Å²) in [6.07, 6.45) is 4.05. The van der Waals surface area contributed by atoms with Crippen LogP contribution in [0.5, 0.6) is 0 Å². The van der Waals surface area contributed by atoms with Crippen molar-refractivity contribution in [2.24, 2.45) is 0 Å². The molecule has 0 aliphatic carbocycles. The Balaban J connectivity index is 2.04. The molecule has 0 atom stereocenters. The van der Waals surface area contributed by atoms with Gasteiger partial charge in [-0.1, -0.05) is 19.1 Å². The fourth-order valence-electron chi connectivity index (χ4n) is 1.91. The second-order valence-corrected chi connectivity index (χ2v) is 7.05. The molecule has 4 heteroatoms. The number of thioether (sulfide) groups is 1. The lowest BCUT2D eigenvalue weighted by atomic mass is 10.1. The third kappa shape index (κ3) is 3.79. The van der Waals surface area contributed by atoms with Crippen LogP contribution in [0.1, 0.15) is 33.3 Å². The van der Waals surface area contributed by atoms with Crippen LogP contribution in [0, 0.1) is 0 Å². The average Bonchev–Trinajstić information content (AvgIpc) is 2.87. The van der Waals surface area contributed by atoms with Gasteiger partial charge < -0.3 is 5.32 Å². The van der Waals surface area contributed by atoms with Crippen LogP contribution in [-0.2, 0) is 12.1 Å². The van der Waals surface area contributed by atoms with Gasteiger partial charge >= 0.3 is 0 Å². The van der Waals surface area contributed by atoms with Crippen molar-refractivity contribution in [3.63, 3.8) is 0 Å². The van der Waals surface area contributed by atoms with Gasteiger partial charge in [-0.05, 0) is 38.7 Å². The zero-order chi connectivity index (χ0) is 14.6. The predicted octanol–water partition coefficient (Wildman–Crippen LogP) is 4.36. The van der Waals surface area contributed by atoms with Gasteiger partial charge in [-0.15, -0.1) is 11.8 Å². The third-order valence-corrected chi connectivity index (χ3v) is 3.95. The van der Waals surface area contributed by atoms with E-state index in [9.17, 15) is 0 Å². The summed E-state index contributed by atoms with van der Waals surface area (Å²) in [6.45, 7) is 9.45. The van der Waals surface area contributed by atoms with Gasteiger partial charge in [-0.2, -0.15) is 5.10 Å². The molecule has 0 unspecified atom stereocenters. The largest absolute Gasteiger partial charge is 0.380 e. The first-order valence-corrected chi connectivity index (χ1v) is 7.99. The molecule has 20 heavy (non-hydrogen) atoms. The first-order chi connectivity index (χ1) is 9.50. The van der Waals surface area contributed by atoms with Crippen LogP contribution in [0.15, 0.2) is 41.6 Å². The number of nitrogens with zero attached hydrogens (tertiary/aromatic N) is 2. The Kier molecular flexibility index (Phi) is 4.76. The summed E-state index contributed by atoms with van der Waals surface area (Å²) >= 11 is 1.86. The van der Waals surface area contributed by atoms with E-state index in [1.54, 1.807) is 0 Å². The van der Waals surface area contributed by atoms with Crippen LogP contribution in [0.2, 0.25) is 0 Å². The minimum Gasteiger partial charge on any atom is -0.380 e. The molecule has 0 saturated carbocycles. The average molecular weight is 289 g/mol. The van der Waals surface area contributed by atoms with E-state index < -0.39 is 0 Å². The van der Waals surface area contributed by atoms with Crippen molar-refractivity contribution in [2.75, 3.05) is 11.1 Å². The minimum absolute atomic E-state index is 0.0359. The van der Waals surface area contributed by atoms with Gasteiger partial charge in [0, 0.05) is 28.9 Å². The fraction of sp³-hybridized carbons (Fsp3) is 0.438. The van der Waals surface area contributed by atoms with E-state index in [1.807, 2.05) is 22.6 Å².